The van der Waals surface area contributed by atoms with E-state index in [2.05, 4.69) is 10.1 Å². The zero-order valence-corrected chi connectivity index (χ0v) is 14.0. The van der Waals surface area contributed by atoms with E-state index in [1.807, 2.05) is 48.5 Å². The van der Waals surface area contributed by atoms with Gasteiger partial charge >= 0.3 is 0 Å². The molecule has 0 spiro atoms. The van der Waals surface area contributed by atoms with Crippen molar-refractivity contribution in [2.45, 2.75) is 12.5 Å². The highest BCUT2D eigenvalue weighted by molar-refractivity contribution is 6.58. The Hall–Kier alpha value is -3.12. The molecule has 1 unspecified atom stereocenters. The predicted octanol–water partition coefficient (Wildman–Crippen LogP) is 3.52. The normalized spacial score (nSPS) is 19.6. The maximum absolute atomic E-state index is 10.5. The third-order valence-corrected chi connectivity index (χ3v) is 4.63. The monoisotopic (exact) mass is 347 g/mol. The Morgan fingerprint density at radius 2 is 2.00 bits per heavy atom. The Balaban J connectivity index is 1.57. The molecule has 130 valence electrons. The number of aromatic nitrogens is 1. The lowest BCUT2D eigenvalue weighted by Gasteiger charge is -2.05. The fourth-order valence-corrected chi connectivity index (χ4v) is 3.24. The number of aromatic amines is 1. The zero-order valence-electron chi connectivity index (χ0n) is 14.0. The standard InChI is InChI=1S/C20H17N3O3/c24-20-17(13-5-1-3-7-15(13)22-20)19-18(23-26-10-9-12-11-25-12)14-6-2-4-8-16(14)21-19/h1-8,12,22,24H,9-11H2/b23-18+. The Morgan fingerprint density at radius 1 is 1.19 bits per heavy atom. The van der Waals surface area contributed by atoms with Gasteiger partial charge in [0.25, 0.3) is 0 Å². The number of epoxide rings is 1. The van der Waals surface area contributed by atoms with Gasteiger partial charge in [-0.2, -0.15) is 0 Å². The van der Waals surface area contributed by atoms with E-state index < -0.39 is 0 Å². The van der Waals surface area contributed by atoms with Crippen molar-refractivity contribution in [2.24, 2.45) is 10.1 Å². The summed E-state index contributed by atoms with van der Waals surface area (Å²) < 4.78 is 5.19. The fourth-order valence-electron chi connectivity index (χ4n) is 3.24. The summed E-state index contributed by atoms with van der Waals surface area (Å²) in [6.45, 7) is 1.29. The van der Waals surface area contributed by atoms with Gasteiger partial charge in [-0.15, -0.1) is 0 Å². The summed E-state index contributed by atoms with van der Waals surface area (Å²) >= 11 is 0. The highest BCUT2D eigenvalue weighted by atomic mass is 16.6. The lowest BCUT2D eigenvalue weighted by atomic mass is 10.0. The van der Waals surface area contributed by atoms with Crippen LogP contribution in [-0.4, -0.2) is 40.8 Å². The van der Waals surface area contributed by atoms with Crippen LogP contribution in [0.3, 0.4) is 0 Å². The molecule has 1 fully saturated rings. The van der Waals surface area contributed by atoms with E-state index in [4.69, 9.17) is 14.6 Å². The summed E-state index contributed by atoms with van der Waals surface area (Å²) in [6, 6.07) is 15.5. The van der Waals surface area contributed by atoms with Crippen molar-refractivity contribution < 1.29 is 14.7 Å². The van der Waals surface area contributed by atoms with Gasteiger partial charge in [0.2, 0.25) is 0 Å². The molecular weight excluding hydrogens is 330 g/mol. The second kappa shape index (κ2) is 6.00. The Labute approximate surface area is 149 Å². The molecule has 2 N–H and O–H groups in total. The van der Waals surface area contributed by atoms with Crippen LogP contribution < -0.4 is 0 Å². The molecule has 1 saturated heterocycles. The maximum Gasteiger partial charge on any atom is 0.199 e. The number of para-hydroxylation sites is 2. The molecule has 0 saturated carbocycles. The van der Waals surface area contributed by atoms with E-state index in [1.54, 1.807) is 0 Å². The van der Waals surface area contributed by atoms with Crippen molar-refractivity contribution in [3.63, 3.8) is 0 Å². The van der Waals surface area contributed by atoms with Gasteiger partial charge in [-0.3, -0.25) is 0 Å². The molecule has 2 aromatic carbocycles. The van der Waals surface area contributed by atoms with E-state index >= 15 is 0 Å². The summed E-state index contributed by atoms with van der Waals surface area (Å²) in [5.41, 5.74) is 4.46. The number of oxime groups is 1. The number of ether oxygens (including phenoxy) is 1. The molecule has 6 heteroatoms. The first-order valence-corrected chi connectivity index (χ1v) is 8.61. The summed E-state index contributed by atoms with van der Waals surface area (Å²) in [5, 5.41) is 15.7. The van der Waals surface area contributed by atoms with Crippen LogP contribution in [0.25, 0.3) is 10.9 Å². The molecule has 0 amide bonds. The highest BCUT2D eigenvalue weighted by Gasteiger charge is 2.29. The highest BCUT2D eigenvalue weighted by Crippen LogP contribution is 2.35. The van der Waals surface area contributed by atoms with Gasteiger partial charge in [-0.1, -0.05) is 41.6 Å². The fraction of sp³-hybridized carbons (Fsp3) is 0.200. The quantitative estimate of drug-likeness (QED) is 0.421. The van der Waals surface area contributed by atoms with Gasteiger partial charge in [0, 0.05) is 22.9 Å². The van der Waals surface area contributed by atoms with Crippen LogP contribution in [-0.2, 0) is 9.57 Å². The van der Waals surface area contributed by atoms with Crippen LogP contribution in [0, 0.1) is 0 Å². The van der Waals surface area contributed by atoms with Crippen LogP contribution in [0.15, 0.2) is 58.7 Å². The number of aromatic hydroxyl groups is 1. The number of hydrogen-bond acceptors (Lipinski definition) is 5. The lowest BCUT2D eigenvalue weighted by Crippen LogP contribution is -2.13. The van der Waals surface area contributed by atoms with Crippen molar-refractivity contribution in [2.75, 3.05) is 13.2 Å². The van der Waals surface area contributed by atoms with Crippen molar-refractivity contribution in [3.05, 3.63) is 59.7 Å². The van der Waals surface area contributed by atoms with Gasteiger partial charge in [-0.25, -0.2) is 4.99 Å². The average molecular weight is 347 g/mol. The molecule has 0 aliphatic carbocycles. The molecule has 0 radical (unpaired) electrons. The SMILES string of the molecule is Oc1[nH]c2ccccc2c1C1=Nc2ccccc2/C1=N\OCCC1CO1. The average Bonchev–Trinajstić information content (AvgIpc) is 3.32. The summed E-state index contributed by atoms with van der Waals surface area (Å²) in [4.78, 5) is 13.3. The molecule has 1 aromatic heterocycles. The number of aliphatic imine (C=N–C) groups is 1. The molecule has 3 heterocycles. The number of rotatable bonds is 5. The van der Waals surface area contributed by atoms with Gasteiger partial charge in [0.15, 0.2) is 5.88 Å². The molecule has 26 heavy (non-hydrogen) atoms. The van der Waals surface area contributed by atoms with Gasteiger partial charge < -0.3 is 19.7 Å². The molecule has 5 rings (SSSR count). The largest absolute Gasteiger partial charge is 0.494 e. The third kappa shape index (κ3) is 2.55. The van der Waals surface area contributed by atoms with E-state index in [0.29, 0.717) is 29.7 Å². The Kier molecular flexibility index (Phi) is 3.50. The second-order valence-electron chi connectivity index (χ2n) is 6.39. The summed E-state index contributed by atoms with van der Waals surface area (Å²) in [6.07, 6.45) is 1.13. The first-order chi connectivity index (χ1) is 12.8. The first-order valence-electron chi connectivity index (χ1n) is 8.61. The predicted molar refractivity (Wildman–Crippen MR) is 99.4 cm³/mol. The van der Waals surface area contributed by atoms with Crippen LogP contribution in [0.4, 0.5) is 5.69 Å². The third-order valence-electron chi connectivity index (χ3n) is 4.63. The van der Waals surface area contributed by atoms with Crippen molar-refractivity contribution in [3.8, 4) is 5.88 Å². The van der Waals surface area contributed by atoms with Crippen LogP contribution in [0.5, 0.6) is 5.88 Å². The lowest BCUT2D eigenvalue weighted by molar-refractivity contribution is 0.135. The summed E-state index contributed by atoms with van der Waals surface area (Å²) in [7, 11) is 0. The van der Waals surface area contributed by atoms with E-state index in [-0.39, 0.29) is 5.88 Å². The number of benzene rings is 2. The molecule has 0 bridgehead atoms. The van der Waals surface area contributed by atoms with E-state index in [0.717, 1.165) is 35.2 Å². The zero-order chi connectivity index (χ0) is 17.5. The molecule has 2 aliphatic rings. The number of hydrogen-bond donors (Lipinski definition) is 2. The molecule has 6 nitrogen and oxygen atoms in total. The van der Waals surface area contributed by atoms with E-state index in [1.165, 1.54) is 0 Å². The second-order valence-corrected chi connectivity index (χ2v) is 6.39. The van der Waals surface area contributed by atoms with Crippen LogP contribution in [0.2, 0.25) is 0 Å². The number of nitrogens with one attached hydrogen (secondary N) is 1. The van der Waals surface area contributed by atoms with Crippen molar-refractivity contribution >= 4 is 28.0 Å². The van der Waals surface area contributed by atoms with E-state index in [9.17, 15) is 5.11 Å². The number of nitrogens with zero attached hydrogens (tertiary/aromatic N) is 2. The minimum atomic E-state index is 0.0804. The smallest absolute Gasteiger partial charge is 0.199 e. The number of fused-ring (bicyclic) bond motifs is 2. The first kappa shape index (κ1) is 15.2. The Morgan fingerprint density at radius 3 is 2.88 bits per heavy atom. The van der Waals surface area contributed by atoms with Gasteiger partial charge in [0.1, 0.15) is 18.0 Å². The number of H-pyrrole nitrogens is 1. The minimum Gasteiger partial charge on any atom is -0.494 e. The Bertz CT molecular complexity index is 1050. The van der Waals surface area contributed by atoms with Crippen LogP contribution in [0.1, 0.15) is 17.5 Å². The topological polar surface area (TPSA) is 82.5 Å². The van der Waals surface area contributed by atoms with Gasteiger partial charge in [-0.05, 0) is 12.1 Å². The molecule has 1 atom stereocenters. The van der Waals surface area contributed by atoms with Gasteiger partial charge in [0.05, 0.1) is 24.0 Å². The van der Waals surface area contributed by atoms with Crippen LogP contribution >= 0.6 is 0 Å². The van der Waals surface area contributed by atoms with Crippen molar-refractivity contribution in [1.82, 2.24) is 4.98 Å². The van der Waals surface area contributed by atoms with Crippen molar-refractivity contribution in [1.29, 1.82) is 0 Å². The maximum atomic E-state index is 10.5. The summed E-state index contributed by atoms with van der Waals surface area (Å²) in [5.74, 6) is 0.0804. The molecule has 3 aromatic rings. The molecule has 2 aliphatic heterocycles. The molecular formula is C20H17N3O3. The minimum absolute atomic E-state index is 0.0804.